The molecule has 3 heterocycles. The lowest BCUT2D eigenvalue weighted by Crippen LogP contribution is -2.44. The second-order valence-electron chi connectivity index (χ2n) is 7.31. The van der Waals surface area contributed by atoms with Gasteiger partial charge < -0.3 is 4.90 Å². The number of amides is 1. The van der Waals surface area contributed by atoms with E-state index in [2.05, 4.69) is 49.8 Å². The van der Waals surface area contributed by atoms with E-state index in [1.807, 2.05) is 28.8 Å². The molecule has 7 nitrogen and oxygen atoms in total. The maximum atomic E-state index is 13.4. The highest BCUT2D eigenvalue weighted by Gasteiger charge is 2.28. The van der Waals surface area contributed by atoms with E-state index in [1.165, 1.54) is 0 Å². The number of aromatic nitrogens is 5. The molecular formula is C21H30N6O. The van der Waals surface area contributed by atoms with E-state index in [0.29, 0.717) is 11.2 Å². The fourth-order valence-electron chi connectivity index (χ4n) is 3.63. The van der Waals surface area contributed by atoms with E-state index < -0.39 is 0 Å². The third-order valence-electron chi connectivity index (χ3n) is 5.68. The second-order valence-corrected chi connectivity index (χ2v) is 7.31. The highest BCUT2D eigenvalue weighted by molar-refractivity contribution is 6.00. The number of hydrogen-bond donors (Lipinski definition) is 0. The third-order valence-corrected chi connectivity index (χ3v) is 5.68. The lowest BCUT2D eigenvalue weighted by Gasteiger charge is -2.33. The predicted octanol–water partition coefficient (Wildman–Crippen LogP) is 3.96. The van der Waals surface area contributed by atoms with Crippen LogP contribution < -0.4 is 0 Å². The molecule has 28 heavy (non-hydrogen) atoms. The zero-order valence-corrected chi connectivity index (χ0v) is 17.7. The summed E-state index contributed by atoms with van der Waals surface area (Å²) in [6.45, 7) is 13.3. The van der Waals surface area contributed by atoms with Gasteiger partial charge in [-0.1, -0.05) is 13.8 Å². The summed E-state index contributed by atoms with van der Waals surface area (Å²) < 4.78 is 3.70. The first-order valence-electron chi connectivity index (χ1n) is 10.1. The van der Waals surface area contributed by atoms with Gasteiger partial charge in [-0.3, -0.25) is 9.48 Å². The molecule has 7 heteroatoms. The highest BCUT2D eigenvalue weighted by atomic mass is 16.2. The molecule has 0 aliphatic carbocycles. The number of hydrogen-bond acceptors (Lipinski definition) is 4. The first kappa shape index (κ1) is 20.0. The van der Waals surface area contributed by atoms with Crippen LogP contribution in [0.15, 0.2) is 24.7 Å². The third kappa shape index (κ3) is 3.30. The van der Waals surface area contributed by atoms with Crippen molar-refractivity contribution in [2.75, 3.05) is 0 Å². The van der Waals surface area contributed by atoms with Gasteiger partial charge in [0.25, 0.3) is 5.91 Å². The highest BCUT2D eigenvalue weighted by Crippen LogP contribution is 2.25. The van der Waals surface area contributed by atoms with E-state index in [-0.39, 0.29) is 18.0 Å². The Morgan fingerprint density at radius 1 is 1.11 bits per heavy atom. The Morgan fingerprint density at radius 2 is 1.79 bits per heavy atom. The van der Waals surface area contributed by atoms with Crippen LogP contribution in [-0.4, -0.2) is 47.3 Å². The van der Waals surface area contributed by atoms with Gasteiger partial charge in [-0.2, -0.15) is 10.2 Å². The van der Waals surface area contributed by atoms with Gasteiger partial charge in [-0.25, -0.2) is 9.50 Å². The smallest absolute Gasteiger partial charge is 0.259 e. The lowest BCUT2D eigenvalue weighted by atomic mass is 10.1. The van der Waals surface area contributed by atoms with Crippen molar-refractivity contribution in [2.45, 2.75) is 73.0 Å². The van der Waals surface area contributed by atoms with Gasteiger partial charge in [-0.05, 0) is 46.6 Å². The second kappa shape index (κ2) is 8.12. The normalized spacial score (nSPS) is 13.6. The van der Waals surface area contributed by atoms with Crippen molar-refractivity contribution in [1.82, 2.24) is 29.3 Å². The van der Waals surface area contributed by atoms with Crippen molar-refractivity contribution < 1.29 is 4.79 Å². The fraction of sp³-hybridized carbons (Fsp3) is 0.524. The zero-order chi connectivity index (χ0) is 20.4. The minimum Gasteiger partial charge on any atom is -0.333 e. The quantitative estimate of drug-likeness (QED) is 0.620. The van der Waals surface area contributed by atoms with Crippen molar-refractivity contribution in [1.29, 1.82) is 0 Å². The van der Waals surface area contributed by atoms with Gasteiger partial charge in [0.2, 0.25) is 0 Å². The Hall–Kier alpha value is -2.70. The summed E-state index contributed by atoms with van der Waals surface area (Å²) in [7, 11) is 0. The Labute approximate surface area is 166 Å². The summed E-state index contributed by atoms with van der Waals surface area (Å²) in [4.78, 5) is 19.8. The van der Waals surface area contributed by atoms with Gasteiger partial charge in [0.1, 0.15) is 5.56 Å². The first-order chi connectivity index (χ1) is 13.4. The van der Waals surface area contributed by atoms with Crippen LogP contribution in [0, 0.1) is 6.92 Å². The Bertz CT molecular complexity index is 963. The molecule has 0 aliphatic heterocycles. The molecule has 0 saturated heterocycles. The van der Waals surface area contributed by atoms with Crippen molar-refractivity contribution in [3.63, 3.8) is 0 Å². The maximum absolute atomic E-state index is 13.4. The molecule has 0 unspecified atom stereocenters. The van der Waals surface area contributed by atoms with Crippen molar-refractivity contribution in [3.05, 3.63) is 35.9 Å². The van der Waals surface area contributed by atoms with Crippen LogP contribution >= 0.6 is 0 Å². The van der Waals surface area contributed by atoms with Gasteiger partial charge in [0.05, 0.1) is 18.1 Å². The van der Waals surface area contributed by atoms with E-state index in [1.54, 1.807) is 16.9 Å². The van der Waals surface area contributed by atoms with Crippen LogP contribution in [0.3, 0.4) is 0 Å². The van der Waals surface area contributed by atoms with Crippen molar-refractivity contribution in [2.24, 2.45) is 0 Å². The summed E-state index contributed by atoms with van der Waals surface area (Å²) in [6, 6.07) is 2.23. The summed E-state index contributed by atoms with van der Waals surface area (Å²) in [5.41, 5.74) is 4.09. The van der Waals surface area contributed by atoms with Crippen LogP contribution in [0.1, 0.15) is 63.5 Å². The average Bonchev–Trinajstić information content (AvgIpc) is 3.30. The van der Waals surface area contributed by atoms with E-state index in [9.17, 15) is 4.79 Å². The van der Waals surface area contributed by atoms with Crippen LogP contribution in [0.4, 0.5) is 0 Å². The number of rotatable bonds is 7. The molecular weight excluding hydrogens is 352 g/mol. The molecule has 0 radical (unpaired) electrons. The number of carbonyl (C=O) groups excluding carboxylic acids is 1. The molecule has 0 N–H and O–H groups in total. The average molecular weight is 383 g/mol. The molecule has 3 aromatic rings. The van der Waals surface area contributed by atoms with Gasteiger partial charge in [0.15, 0.2) is 5.65 Å². The molecule has 150 valence electrons. The number of carbonyl (C=O) groups is 1. The number of fused-ring (bicyclic) bond motifs is 1. The molecule has 0 saturated carbocycles. The molecule has 0 fully saturated rings. The van der Waals surface area contributed by atoms with Crippen LogP contribution in [0.25, 0.3) is 16.9 Å². The predicted molar refractivity (Wildman–Crippen MR) is 110 cm³/mol. The molecule has 0 aliphatic rings. The Kier molecular flexibility index (Phi) is 5.82. The van der Waals surface area contributed by atoms with Gasteiger partial charge in [-0.15, -0.1) is 0 Å². The largest absolute Gasteiger partial charge is 0.333 e. The van der Waals surface area contributed by atoms with Crippen LogP contribution in [-0.2, 0) is 6.54 Å². The standard InChI is InChI=1S/C21H30N6O/c1-7-14(4)26(15(5)8-2)21(28)18-13-24-27-19(10-11-22-20(18)27)17-12-23-25(9-3)16(17)6/h10-15H,7-9H2,1-6H3/t14-,15-/m1/s1. The molecule has 2 atom stereocenters. The topological polar surface area (TPSA) is 68.3 Å². The van der Waals surface area contributed by atoms with Gasteiger partial charge in [0, 0.05) is 36.1 Å². The Balaban J connectivity index is 2.09. The van der Waals surface area contributed by atoms with Crippen molar-refractivity contribution in [3.8, 4) is 11.3 Å². The van der Waals surface area contributed by atoms with Gasteiger partial charge >= 0.3 is 0 Å². The van der Waals surface area contributed by atoms with E-state index >= 15 is 0 Å². The number of nitrogens with zero attached hydrogens (tertiary/aromatic N) is 6. The summed E-state index contributed by atoms with van der Waals surface area (Å²) in [5, 5.41) is 8.95. The summed E-state index contributed by atoms with van der Waals surface area (Å²) in [5.74, 6) is -0.00988. The van der Waals surface area contributed by atoms with Crippen LogP contribution in [0.5, 0.6) is 0 Å². The van der Waals surface area contributed by atoms with E-state index in [0.717, 1.165) is 36.3 Å². The molecule has 1 amide bonds. The number of aryl methyl sites for hydroxylation is 1. The fourth-order valence-corrected chi connectivity index (χ4v) is 3.63. The Morgan fingerprint density at radius 3 is 2.36 bits per heavy atom. The SMILES string of the molecule is CC[C@@H](C)N(C(=O)c1cnn2c(-c3cnn(CC)c3C)ccnc12)[C@H](C)CC. The first-order valence-corrected chi connectivity index (χ1v) is 10.1. The van der Waals surface area contributed by atoms with Crippen molar-refractivity contribution >= 4 is 11.6 Å². The maximum Gasteiger partial charge on any atom is 0.259 e. The monoisotopic (exact) mass is 382 g/mol. The van der Waals surface area contributed by atoms with E-state index in [4.69, 9.17) is 0 Å². The molecule has 0 bridgehead atoms. The lowest BCUT2D eigenvalue weighted by molar-refractivity contribution is 0.0600. The molecule has 3 aromatic heterocycles. The minimum absolute atomic E-state index is 0.00988. The molecule has 3 rings (SSSR count). The molecule has 0 aromatic carbocycles. The summed E-state index contributed by atoms with van der Waals surface area (Å²) in [6.07, 6.45) is 7.04. The van der Waals surface area contributed by atoms with Crippen LogP contribution in [0.2, 0.25) is 0 Å². The molecule has 0 spiro atoms. The zero-order valence-electron chi connectivity index (χ0n) is 17.7. The minimum atomic E-state index is -0.00988. The summed E-state index contributed by atoms with van der Waals surface area (Å²) >= 11 is 0.